The lowest BCUT2D eigenvalue weighted by molar-refractivity contribution is 0.241. The summed E-state index contributed by atoms with van der Waals surface area (Å²) in [5.74, 6) is 1.47. The van der Waals surface area contributed by atoms with Gasteiger partial charge in [0.25, 0.3) is 5.56 Å². The number of thiophene rings is 1. The molecule has 1 aliphatic rings. The summed E-state index contributed by atoms with van der Waals surface area (Å²) in [4.78, 5) is 23.7. The van der Waals surface area contributed by atoms with Crippen molar-refractivity contribution in [1.82, 2.24) is 20.0 Å². The molecule has 1 aromatic carbocycles. The van der Waals surface area contributed by atoms with Gasteiger partial charge >= 0.3 is 0 Å². The SMILES string of the molecule is Cc1noc(-c2ccccc2)c1CN1CCc2nc(-c3cccs3)[nH]c(=O)c2C1. The van der Waals surface area contributed by atoms with Crippen molar-refractivity contribution in [1.29, 1.82) is 0 Å². The number of aryl methyl sites for hydroxylation is 1. The van der Waals surface area contributed by atoms with Crippen LogP contribution in [0.3, 0.4) is 0 Å². The Morgan fingerprint density at radius 2 is 2.07 bits per heavy atom. The minimum atomic E-state index is -0.0478. The quantitative estimate of drug-likeness (QED) is 0.556. The van der Waals surface area contributed by atoms with Crippen molar-refractivity contribution in [2.24, 2.45) is 0 Å². The van der Waals surface area contributed by atoms with Gasteiger partial charge in [-0.1, -0.05) is 41.6 Å². The van der Waals surface area contributed by atoms with E-state index in [1.165, 1.54) is 0 Å². The number of nitrogens with zero attached hydrogens (tertiary/aromatic N) is 3. The van der Waals surface area contributed by atoms with Crippen LogP contribution in [0.2, 0.25) is 0 Å². The second kappa shape index (κ2) is 7.42. The lowest BCUT2D eigenvalue weighted by Crippen LogP contribution is -2.35. The van der Waals surface area contributed by atoms with Gasteiger partial charge in [0, 0.05) is 37.2 Å². The molecule has 1 aliphatic heterocycles. The summed E-state index contributed by atoms with van der Waals surface area (Å²) in [6, 6.07) is 14.0. The molecule has 146 valence electrons. The van der Waals surface area contributed by atoms with E-state index in [0.29, 0.717) is 18.9 Å². The predicted octanol–water partition coefficient (Wildman–Crippen LogP) is 4.02. The van der Waals surface area contributed by atoms with E-state index in [0.717, 1.165) is 51.7 Å². The molecule has 7 heteroatoms. The molecule has 3 aromatic heterocycles. The molecule has 0 unspecified atom stereocenters. The first-order valence-corrected chi connectivity index (χ1v) is 10.5. The van der Waals surface area contributed by atoms with Crippen LogP contribution < -0.4 is 5.56 Å². The van der Waals surface area contributed by atoms with Gasteiger partial charge in [-0.25, -0.2) is 4.98 Å². The van der Waals surface area contributed by atoms with Gasteiger partial charge in [0.05, 0.1) is 21.8 Å². The number of rotatable bonds is 4. The van der Waals surface area contributed by atoms with Crippen molar-refractivity contribution in [3.8, 4) is 22.0 Å². The van der Waals surface area contributed by atoms with Crippen LogP contribution in [0.5, 0.6) is 0 Å². The number of aromatic nitrogens is 3. The first kappa shape index (κ1) is 18.0. The Balaban J connectivity index is 1.42. The third-order valence-corrected chi connectivity index (χ3v) is 6.18. The Kier molecular flexibility index (Phi) is 4.61. The number of benzene rings is 1. The molecule has 4 heterocycles. The van der Waals surface area contributed by atoms with E-state index in [9.17, 15) is 4.79 Å². The Labute approximate surface area is 171 Å². The zero-order valence-corrected chi connectivity index (χ0v) is 16.8. The fraction of sp³-hybridized carbons (Fsp3) is 0.227. The maximum Gasteiger partial charge on any atom is 0.255 e. The molecule has 0 amide bonds. The van der Waals surface area contributed by atoms with Gasteiger partial charge < -0.3 is 9.51 Å². The smallest absolute Gasteiger partial charge is 0.255 e. The molecule has 5 rings (SSSR count). The summed E-state index contributed by atoms with van der Waals surface area (Å²) in [5, 5.41) is 6.17. The van der Waals surface area contributed by atoms with Crippen LogP contribution in [0.25, 0.3) is 22.0 Å². The summed E-state index contributed by atoms with van der Waals surface area (Å²) in [6.07, 6.45) is 0.753. The van der Waals surface area contributed by atoms with Crippen molar-refractivity contribution in [3.05, 3.63) is 80.7 Å². The van der Waals surface area contributed by atoms with Crippen LogP contribution in [0.4, 0.5) is 0 Å². The molecular weight excluding hydrogens is 384 g/mol. The standard InChI is InChI=1S/C22H20N4O2S/c1-14-16(20(28-25-14)15-6-3-2-4-7-15)12-26-10-9-18-17(13-26)22(27)24-21(23-18)19-8-5-11-29-19/h2-8,11H,9-10,12-13H2,1H3,(H,23,24,27). The maximum absolute atomic E-state index is 12.7. The van der Waals surface area contributed by atoms with Gasteiger partial charge in [-0.3, -0.25) is 9.69 Å². The fourth-order valence-corrected chi connectivity index (χ4v) is 4.43. The lowest BCUT2D eigenvalue weighted by atomic mass is 10.0. The van der Waals surface area contributed by atoms with Crippen LogP contribution in [-0.2, 0) is 19.5 Å². The van der Waals surface area contributed by atoms with Crippen molar-refractivity contribution in [3.63, 3.8) is 0 Å². The third-order valence-electron chi connectivity index (χ3n) is 5.30. The van der Waals surface area contributed by atoms with E-state index in [1.54, 1.807) is 11.3 Å². The average molecular weight is 404 g/mol. The summed E-state index contributed by atoms with van der Waals surface area (Å²) in [7, 11) is 0. The predicted molar refractivity (Wildman–Crippen MR) is 113 cm³/mol. The molecule has 0 saturated carbocycles. The van der Waals surface area contributed by atoms with Crippen LogP contribution in [0, 0.1) is 6.92 Å². The molecular formula is C22H20N4O2S. The number of nitrogens with one attached hydrogen (secondary N) is 1. The lowest BCUT2D eigenvalue weighted by Gasteiger charge is -2.27. The van der Waals surface area contributed by atoms with Crippen molar-refractivity contribution in [2.75, 3.05) is 6.54 Å². The van der Waals surface area contributed by atoms with Gasteiger partial charge in [-0.05, 0) is 18.4 Å². The molecule has 1 N–H and O–H groups in total. The van der Waals surface area contributed by atoms with Crippen molar-refractivity contribution < 1.29 is 4.52 Å². The number of hydrogen-bond acceptors (Lipinski definition) is 6. The zero-order chi connectivity index (χ0) is 19.8. The number of aromatic amines is 1. The highest BCUT2D eigenvalue weighted by Crippen LogP contribution is 2.29. The molecule has 0 aliphatic carbocycles. The summed E-state index contributed by atoms with van der Waals surface area (Å²) < 4.78 is 5.62. The Morgan fingerprint density at radius 1 is 1.21 bits per heavy atom. The Bertz CT molecular complexity index is 1200. The number of fused-ring (bicyclic) bond motifs is 1. The summed E-state index contributed by atoms with van der Waals surface area (Å²) in [5.41, 5.74) is 4.58. The van der Waals surface area contributed by atoms with Crippen molar-refractivity contribution >= 4 is 11.3 Å². The molecule has 0 fully saturated rings. The Morgan fingerprint density at radius 3 is 2.86 bits per heavy atom. The summed E-state index contributed by atoms with van der Waals surface area (Å²) in [6.45, 7) is 4.06. The van der Waals surface area contributed by atoms with E-state index in [4.69, 9.17) is 9.51 Å². The van der Waals surface area contributed by atoms with Crippen LogP contribution in [0.15, 0.2) is 57.2 Å². The van der Waals surface area contributed by atoms with Crippen LogP contribution >= 0.6 is 11.3 Å². The minimum Gasteiger partial charge on any atom is -0.356 e. The Hall–Kier alpha value is -3.03. The molecule has 6 nitrogen and oxygen atoms in total. The molecule has 0 bridgehead atoms. The van der Waals surface area contributed by atoms with Crippen molar-refractivity contribution in [2.45, 2.75) is 26.4 Å². The topological polar surface area (TPSA) is 75.0 Å². The normalized spacial score (nSPS) is 14.1. The highest BCUT2D eigenvalue weighted by molar-refractivity contribution is 7.13. The van der Waals surface area contributed by atoms with Gasteiger partial charge in [0.15, 0.2) is 11.6 Å². The monoisotopic (exact) mass is 404 g/mol. The second-order valence-electron chi connectivity index (χ2n) is 7.22. The fourth-order valence-electron chi connectivity index (χ4n) is 3.76. The number of hydrogen-bond donors (Lipinski definition) is 1. The van der Waals surface area contributed by atoms with Gasteiger partial charge in [0.2, 0.25) is 0 Å². The van der Waals surface area contributed by atoms with E-state index in [2.05, 4.69) is 15.0 Å². The third kappa shape index (κ3) is 3.43. The van der Waals surface area contributed by atoms with Gasteiger partial charge in [-0.2, -0.15) is 0 Å². The highest BCUT2D eigenvalue weighted by atomic mass is 32.1. The zero-order valence-electron chi connectivity index (χ0n) is 16.0. The second-order valence-corrected chi connectivity index (χ2v) is 8.17. The average Bonchev–Trinajstić information content (AvgIpc) is 3.40. The maximum atomic E-state index is 12.7. The van der Waals surface area contributed by atoms with Gasteiger partial charge in [0.1, 0.15) is 0 Å². The first-order valence-electron chi connectivity index (χ1n) is 9.58. The highest BCUT2D eigenvalue weighted by Gasteiger charge is 2.24. The van der Waals surface area contributed by atoms with E-state index >= 15 is 0 Å². The molecule has 4 aromatic rings. The van der Waals surface area contributed by atoms with Gasteiger partial charge in [-0.15, -0.1) is 11.3 Å². The summed E-state index contributed by atoms with van der Waals surface area (Å²) >= 11 is 1.58. The molecule has 29 heavy (non-hydrogen) atoms. The van der Waals surface area contributed by atoms with E-state index in [1.807, 2.05) is 54.8 Å². The van der Waals surface area contributed by atoms with Crippen LogP contribution in [-0.4, -0.2) is 26.6 Å². The van der Waals surface area contributed by atoms with Crippen LogP contribution in [0.1, 0.15) is 22.5 Å². The molecule has 0 saturated heterocycles. The molecule has 0 spiro atoms. The first-order chi connectivity index (χ1) is 14.2. The minimum absolute atomic E-state index is 0.0478. The number of H-pyrrole nitrogens is 1. The molecule has 0 radical (unpaired) electrons. The largest absolute Gasteiger partial charge is 0.356 e. The van der Waals surface area contributed by atoms with E-state index in [-0.39, 0.29) is 5.56 Å². The van der Waals surface area contributed by atoms with E-state index < -0.39 is 0 Å². The molecule has 0 atom stereocenters.